The zero-order chi connectivity index (χ0) is 26.3. The van der Waals surface area contributed by atoms with Gasteiger partial charge in [-0.25, -0.2) is 9.53 Å². The molecule has 2 aromatic rings. The Labute approximate surface area is 208 Å². The molecule has 0 amide bonds. The number of fused-ring (bicyclic) bond motifs is 2. The molecular formula is C23H25FN4O6S2. The Morgan fingerprint density at radius 2 is 2.00 bits per heavy atom. The van der Waals surface area contributed by atoms with Crippen molar-refractivity contribution in [2.24, 2.45) is 15.5 Å². The molecule has 0 saturated heterocycles. The van der Waals surface area contributed by atoms with Gasteiger partial charge in [-0.05, 0) is 60.6 Å². The summed E-state index contributed by atoms with van der Waals surface area (Å²) in [5.74, 6) is -2.21. The number of halogens is 1. The number of aldehydes is 1. The summed E-state index contributed by atoms with van der Waals surface area (Å²) in [5.41, 5.74) is 0.161. The largest absolute Gasteiger partial charge is 0.341 e. The topological polar surface area (TPSA) is 165 Å². The molecular weight excluding hydrogens is 511 g/mol. The minimum absolute atomic E-state index is 0.0748. The maximum Gasteiger partial charge on any atom is 0.296 e. The third-order valence-electron chi connectivity index (χ3n) is 6.53. The molecule has 1 aliphatic carbocycles. The quantitative estimate of drug-likeness (QED) is 0.436. The molecule has 0 aromatic heterocycles. The number of carbonyl (C=O) groups is 2. The van der Waals surface area contributed by atoms with E-state index in [2.05, 4.69) is 9.71 Å². The zero-order valence-electron chi connectivity index (χ0n) is 19.3. The summed E-state index contributed by atoms with van der Waals surface area (Å²) in [6.45, 7) is 1.96. The van der Waals surface area contributed by atoms with Gasteiger partial charge in [0.1, 0.15) is 22.8 Å². The van der Waals surface area contributed by atoms with E-state index in [0.29, 0.717) is 18.4 Å². The Morgan fingerprint density at radius 3 is 2.67 bits per heavy atom. The van der Waals surface area contributed by atoms with Crippen LogP contribution < -0.4 is 15.2 Å². The van der Waals surface area contributed by atoms with Crippen molar-refractivity contribution in [2.45, 2.75) is 49.3 Å². The third kappa shape index (κ3) is 4.90. The molecule has 1 aliphatic heterocycles. The lowest BCUT2D eigenvalue weighted by Crippen LogP contribution is -2.44. The van der Waals surface area contributed by atoms with Gasteiger partial charge in [0.25, 0.3) is 20.2 Å². The Balaban J connectivity index is 1.80. The monoisotopic (exact) mass is 536 g/mol. The van der Waals surface area contributed by atoms with Gasteiger partial charge in [-0.3, -0.25) is 9.52 Å². The summed E-state index contributed by atoms with van der Waals surface area (Å²) in [4.78, 5) is 24.5. The van der Waals surface area contributed by atoms with Crippen molar-refractivity contribution in [3.63, 3.8) is 0 Å². The first-order chi connectivity index (χ1) is 16.9. The van der Waals surface area contributed by atoms with Gasteiger partial charge in [-0.1, -0.05) is 19.4 Å². The number of Topliss-reactive ketones (excluding diaryl/α,β-unsaturated/α-hetero) is 1. The first-order valence-corrected chi connectivity index (χ1v) is 14.2. The highest BCUT2D eigenvalue weighted by Gasteiger charge is 2.46. The van der Waals surface area contributed by atoms with Crippen LogP contribution in [0, 0.1) is 11.7 Å². The molecule has 0 saturated carbocycles. The molecule has 10 nitrogen and oxygen atoms in total. The van der Waals surface area contributed by atoms with Crippen molar-refractivity contribution >= 4 is 49.5 Å². The Hall–Kier alpha value is -3.16. The van der Waals surface area contributed by atoms with Gasteiger partial charge in [0.2, 0.25) is 0 Å². The fourth-order valence-corrected chi connectivity index (χ4v) is 6.81. The zero-order valence-corrected chi connectivity index (χ0v) is 21.0. The number of sulfonamides is 1. The smallest absolute Gasteiger partial charge is 0.296 e. The van der Waals surface area contributed by atoms with E-state index in [9.17, 15) is 30.8 Å². The summed E-state index contributed by atoms with van der Waals surface area (Å²) in [6, 6.07) is 7.71. The van der Waals surface area contributed by atoms with Crippen molar-refractivity contribution in [3.8, 4) is 0 Å². The molecule has 2 aromatic carbocycles. The van der Waals surface area contributed by atoms with Crippen LogP contribution >= 0.6 is 0 Å². The number of nitrogens with one attached hydrogen (secondary N) is 2. The van der Waals surface area contributed by atoms with Gasteiger partial charge in [0.05, 0.1) is 17.3 Å². The van der Waals surface area contributed by atoms with Gasteiger partial charge in [0, 0.05) is 12.0 Å². The minimum atomic E-state index is -4.33. The van der Waals surface area contributed by atoms with Crippen LogP contribution in [0.1, 0.15) is 54.9 Å². The van der Waals surface area contributed by atoms with Crippen LogP contribution in [0.25, 0.3) is 0 Å². The highest BCUT2D eigenvalue weighted by molar-refractivity contribution is 7.91. The van der Waals surface area contributed by atoms with Gasteiger partial charge < -0.3 is 10.1 Å². The lowest BCUT2D eigenvalue weighted by Gasteiger charge is -2.42. The fourth-order valence-electron chi connectivity index (χ4n) is 5.15. The molecule has 0 fully saturated rings. The summed E-state index contributed by atoms with van der Waals surface area (Å²) >= 11 is 0. The van der Waals surface area contributed by atoms with Crippen LogP contribution in [0.5, 0.6) is 0 Å². The summed E-state index contributed by atoms with van der Waals surface area (Å²) in [7, 11) is -8.46. The summed E-state index contributed by atoms with van der Waals surface area (Å²) in [5, 5.41) is 7.87. The SMILES string of the molecule is CCCC1(CCC=O)CC(C2=NS(=O)(=O)c3cc(NS(N)(=O)=O)ccc3N2)C(=O)c2cc(F)ccc21. The highest BCUT2D eigenvalue weighted by Crippen LogP contribution is 2.47. The molecule has 13 heteroatoms. The van der Waals surface area contributed by atoms with Crippen molar-refractivity contribution in [3.05, 3.63) is 53.3 Å². The van der Waals surface area contributed by atoms with Crippen molar-refractivity contribution in [1.29, 1.82) is 0 Å². The Morgan fingerprint density at radius 1 is 1.25 bits per heavy atom. The number of carbonyl (C=O) groups excluding carboxylic acids is 2. The molecule has 0 radical (unpaired) electrons. The van der Waals surface area contributed by atoms with Crippen LogP contribution in [-0.2, 0) is 30.4 Å². The van der Waals surface area contributed by atoms with E-state index in [-0.39, 0.29) is 40.5 Å². The van der Waals surface area contributed by atoms with Crippen LogP contribution in [0.4, 0.5) is 15.8 Å². The molecule has 0 spiro atoms. The average Bonchev–Trinajstić information content (AvgIpc) is 2.79. The lowest BCUT2D eigenvalue weighted by atomic mass is 9.61. The normalized spacial score (nSPS) is 22.6. The predicted octanol–water partition coefficient (Wildman–Crippen LogP) is 2.87. The van der Waals surface area contributed by atoms with E-state index in [0.717, 1.165) is 24.8 Å². The molecule has 4 rings (SSSR count). The molecule has 2 atom stereocenters. The number of hydrogen-bond acceptors (Lipinski definition) is 7. The second-order valence-corrected chi connectivity index (χ2v) is 11.8. The van der Waals surface area contributed by atoms with Crippen LogP contribution in [0.2, 0.25) is 0 Å². The third-order valence-corrected chi connectivity index (χ3v) is 8.38. The molecule has 192 valence electrons. The number of anilines is 2. The van der Waals surface area contributed by atoms with E-state index in [1.807, 2.05) is 11.6 Å². The maximum atomic E-state index is 14.2. The van der Waals surface area contributed by atoms with Crippen molar-refractivity contribution in [2.75, 3.05) is 10.0 Å². The second-order valence-electron chi connectivity index (χ2n) is 8.98. The summed E-state index contributed by atoms with van der Waals surface area (Å²) in [6.07, 6.45) is 2.93. The first-order valence-electron chi connectivity index (χ1n) is 11.2. The van der Waals surface area contributed by atoms with Crippen LogP contribution in [0.3, 0.4) is 0 Å². The van der Waals surface area contributed by atoms with Crippen LogP contribution in [-0.4, -0.2) is 34.7 Å². The number of benzene rings is 2. The van der Waals surface area contributed by atoms with E-state index < -0.39 is 43.2 Å². The van der Waals surface area contributed by atoms with Gasteiger partial charge in [-0.2, -0.15) is 16.8 Å². The molecule has 36 heavy (non-hydrogen) atoms. The average molecular weight is 537 g/mol. The van der Waals surface area contributed by atoms with E-state index in [1.54, 1.807) is 6.07 Å². The minimum Gasteiger partial charge on any atom is -0.341 e. The fraction of sp³-hybridized carbons (Fsp3) is 0.348. The first kappa shape index (κ1) is 25.9. The lowest BCUT2D eigenvalue weighted by molar-refractivity contribution is -0.108. The number of rotatable bonds is 8. The molecule has 1 heterocycles. The predicted molar refractivity (Wildman–Crippen MR) is 132 cm³/mol. The highest BCUT2D eigenvalue weighted by atomic mass is 32.2. The van der Waals surface area contributed by atoms with Crippen molar-refractivity contribution < 1.29 is 30.8 Å². The summed E-state index contributed by atoms with van der Waals surface area (Å²) < 4.78 is 68.8. The second kappa shape index (κ2) is 9.37. The van der Waals surface area contributed by atoms with E-state index >= 15 is 0 Å². The number of amidine groups is 1. The van der Waals surface area contributed by atoms with E-state index in [4.69, 9.17) is 5.14 Å². The molecule has 0 bridgehead atoms. The molecule has 2 unspecified atom stereocenters. The number of hydrogen-bond donors (Lipinski definition) is 3. The Kier molecular flexibility index (Phi) is 6.75. The number of ketones is 1. The standard InChI is InChI=1S/C23H25FN4O6S2/c1-2-8-23(9-3-10-29)13-17(21(30)16-11-14(24)4-6-18(16)23)22-26-19-7-5-15(27-36(25,33)34)12-20(19)35(31,32)28-22/h4-7,10-12,17,27H,2-3,8-9,13H2,1H3,(H,26,28)(H2,25,33,34). The number of nitrogens with zero attached hydrogens (tertiary/aromatic N) is 1. The maximum absolute atomic E-state index is 14.2. The Bertz CT molecular complexity index is 1490. The molecule has 2 aliphatic rings. The molecule has 4 N–H and O–H groups in total. The number of nitrogens with two attached hydrogens (primary N) is 1. The van der Waals surface area contributed by atoms with Gasteiger partial charge in [0.15, 0.2) is 5.78 Å². The van der Waals surface area contributed by atoms with Gasteiger partial charge >= 0.3 is 0 Å². The van der Waals surface area contributed by atoms with Gasteiger partial charge in [-0.15, -0.1) is 4.40 Å². The van der Waals surface area contributed by atoms with Crippen molar-refractivity contribution in [1.82, 2.24) is 0 Å². The van der Waals surface area contributed by atoms with Crippen LogP contribution in [0.15, 0.2) is 45.7 Å². The van der Waals surface area contributed by atoms with E-state index in [1.165, 1.54) is 18.2 Å².